The first-order valence-electron chi connectivity index (χ1n) is 10.3. The molecule has 1 aromatic heterocycles. The number of nitrogens with zero attached hydrogens (tertiary/aromatic N) is 2. The minimum Gasteiger partial charge on any atom is -0.494 e. The highest BCUT2D eigenvalue weighted by atomic mass is 16.5. The molecule has 2 aromatic rings. The molecule has 1 aromatic carbocycles. The highest BCUT2D eigenvalue weighted by molar-refractivity contribution is 5.55. The molecule has 0 N–H and O–H groups in total. The van der Waals surface area contributed by atoms with E-state index in [-0.39, 0.29) is 0 Å². The van der Waals surface area contributed by atoms with Crippen LogP contribution in [0.3, 0.4) is 0 Å². The summed E-state index contributed by atoms with van der Waals surface area (Å²) in [6, 6.07) is 8.11. The first-order valence-corrected chi connectivity index (χ1v) is 10.3. The van der Waals surface area contributed by atoms with Crippen molar-refractivity contribution < 1.29 is 4.74 Å². The second kappa shape index (κ2) is 11.7. The van der Waals surface area contributed by atoms with Crippen LogP contribution in [0.2, 0.25) is 0 Å². The zero-order chi connectivity index (χ0) is 18.6. The Labute approximate surface area is 159 Å². The van der Waals surface area contributed by atoms with Crippen molar-refractivity contribution in [3.05, 3.63) is 42.2 Å². The molecule has 1 unspecified atom stereocenters. The van der Waals surface area contributed by atoms with Gasteiger partial charge in [0.25, 0.3) is 0 Å². The van der Waals surface area contributed by atoms with Crippen molar-refractivity contribution in [3.63, 3.8) is 0 Å². The first-order chi connectivity index (χ1) is 12.7. The largest absolute Gasteiger partial charge is 0.494 e. The minimum absolute atomic E-state index is 0.783. The number of unbranched alkanes of at least 4 members (excludes halogenated alkanes) is 3. The molecule has 0 saturated heterocycles. The Kier molecular flexibility index (Phi) is 9.16. The Balaban J connectivity index is 1.80. The standard InChI is InChI=1S/C23H34N2O/c1-4-6-7-8-11-20-17-24-23(25-18-20)21-12-14-22(15-13-21)26-16-9-10-19(3)5-2/h12-15,17-19H,4-11,16H2,1-3H3. The summed E-state index contributed by atoms with van der Waals surface area (Å²) in [5.41, 5.74) is 2.26. The third-order valence-corrected chi connectivity index (χ3v) is 4.94. The molecule has 1 heterocycles. The average Bonchev–Trinajstić information content (AvgIpc) is 2.69. The van der Waals surface area contributed by atoms with Crippen molar-refractivity contribution >= 4 is 0 Å². The number of aryl methyl sites for hydroxylation is 1. The zero-order valence-corrected chi connectivity index (χ0v) is 16.7. The monoisotopic (exact) mass is 354 g/mol. The Morgan fingerprint density at radius 3 is 2.31 bits per heavy atom. The van der Waals surface area contributed by atoms with Crippen LogP contribution in [0.5, 0.6) is 5.75 Å². The van der Waals surface area contributed by atoms with Crippen LogP contribution in [0.15, 0.2) is 36.7 Å². The van der Waals surface area contributed by atoms with E-state index in [2.05, 4.69) is 30.7 Å². The minimum atomic E-state index is 0.783. The van der Waals surface area contributed by atoms with Crippen molar-refractivity contribution in [2.24, 2.45) is 5.92 Å². The predicted octanol–water partition coefficient (Wildman–Crippen LogP) is 6.47. The van der Waals surface area contributed by atoms with Gasteiger partial charge in [-0.3, -0.25) is 0 Å². The lowest BCUT2D eigenvalue weighted by Gasteiger charge is -2.10. The van der Waals surface area contributed by atoms with Gasteiger partial charge >= 0.3 is 0 Å². The lowest BCUT2D eigenvalue weighted by atomic mass is 10.0. The summed E-state index contributed by atoms with van der Waals surface area (Å²) < 4.78 is 5.83. The number of ether oxygens (including phenoxy) is 1. The Hall–Kier alpha value is -1.90. The highest BCUT2D eigenvalue weighted by Gasteiger charge is 2.03. The molecule has 0 radical (unpaired) electrons. The van der Waals surface area contributed by atoms with Crippen molar-refractivity contribution in [1.82, 2.24) is 9.97 Å². The maximum absolute atomic E-state index is 5.83. The van der Waals surface area contributed by atoms with Crippen LogP contribution in [0, 0.1) is 5.92 Å². The molecule has 0 bridgehead atoms. The van der Waals surface area contributed by atoms with E-state index in [9.17, 15) is 0 Å². The van der Waals surface area contributed by atoms with Crippen molar-refractivity contribution in [2.45, 2.75) is 72.1 Å². The Morgan fingerprint density at radius 1 is 0.923 bits per heavy atom. The van der Waals surface area contributed by atoms with Crippen LogP contribution in [-0.2, 0) is 6.42 Å². The van der Waals surface area contributed by atoms with Crippen molar-refractivity contribution in [3.8, 4) is 17.1 Å². The molecule has 0 fully saturated rings. The fraction of sp³-hybridized carbons (Fsp3) is 0.565. The molecule has 142 valence electrons. The molecule has 26 heavy (non-hydrogen) atoms. The molecule has 1 atom stereocenters. The quantitative estimate of drug-likeness (QED) is 0.410. The fourth-order valence-electron chi connectivity index (χ4n) is 2.92. The third-order valence-electron chi connectivity index (χ3n) is 4.94. The van der Waals surface area contributed by atoms with Gasteiger partial charge in [-0.25, -0.2) is 9.97 Å². The highest BCUT2D eigenvalue weighted by Crippen LogP contribution is 2.20. The second-order valence-electron chi connectivity index (χ2n) is 7.25. The van der Waals surface area contributed by atoms with E-state index in [1.54, 1.807) is 0 Å². The van der Waals surface area contributed by atoms with Gasteiger partial charge < -0.3 is 4.74 Å². The van der Waals surface area contributed by atoms with Crippen LogP contribution >= 0.6 is 0 Å². The fourth-order valence-corrected chi connectivity index (χ4v) is 2.92. The summed E-state index contributed by atoms with van der Waals surface area (Å²) in [6.45, 7) is 7.56. The molecule has 0 spiro atoms. The molecule has 2 rings (SSSR count). The van der Waals surface area contributed by atoms with Crippen LogP contribution in [0.25, 0.3) is 11.4 Å². The van der Waals surface area contributed by atoms with Gasteiger partial charge in [0.15, 0.2) is 5.82 Å². The summed E-state index contributed by atoms with van der Waals surface area (Å²) in [4.78, 5) is 9.06. The summed E-state index contributed by atoms with van der Waals surface area (Å²) in [5.74, 6) is 2.49. The zero-order valence-electron chi connectivity index (χ0n) is 16.7. The van der Waals surface area contributed by atoms with Gasteiger partial charge in [-0.15, -0.1) is 0 Å². The maximum atomic E-state index is 5.83. The number of hydrogen-bond acceptors (Lipinski definition) is 3. The van der Waals surface area contributed by atoms with Gasteiger partial charge in [0.05, 0.1) is 6.61 Å². The number of benzene rings is 1. The number of hydrogen-bond donors (Lipinski definition) is 0. The van der Waals surface area contributed by atoms with Crippen LogP contribution in [0.1, 0.15) is 71.3 Å². The molecule has 0 amide bonds. The smallest absolute Gasteiger partial charge is 0.159 e. The number of aromatic nitrogens is 2. The molecular weight excluding hydrogens is 320 g/mol. The predicted molar refractivity (Wildman–Crippen MR) is 109 cm³/mol. The van der Waals surface area contributed by atoms with Crippen LogP contribution in [0.4, 0.5) is 0 Å². The van der Waals surface area contributed by atoms with E-state index in [1.807, 2.05) is 36.7 Å². The van der Waals surface area contributed by atoms with E-state index in [0.29, 0.717) is 0 Å². The Morgan fingerprint density at radius 2 is 1.65 bits per heavy atom. The summed E-state index contributed by atoms with van der Waals surface area (Å²) in [5, 5.41) is 0. The molecule has 0 saturated carbocycles. The van der Waals surface area contributed by atoms with E-state index >= 15 is 0 Å². The molecular formula is C23H34N2O. The summed E-state index contributed by atoms with van der Waals surface area (Å²) in [7, 11) is 0. The van der Waals surface area contributed by atoms with Crippen molar-refractivity contribution in [2.75, 3.05) is 6.61 Å². The third kappa shape index (κ3) is 7.15. The van der Waals surface area contributed by atoms with E-state index < -0.39 is 0 Å². The van der Waals surface area contributed by atoms with Crippen molar-refractivity contribution in [1.29, 1.82) is 0 Å². The Bertz CT molecular complexity index is 607. The van der Waals surface area contributed by atoms with Crippen LogP contribution in [-0.4, -0.2) is 16.6 Å². The second-order valence-corrected chi connectivity index (χ2v) is 7.25. The van der Waals surface area contributed by atoms with E-state index in [0.717, 1.165) is 42.5 Å². The topological polar surface area (TPSA) is 35.0 Å². The van der Waals surface area contributed by atoms with Gasteiger partial charge in [0.1, 0.15) is 5.75 Å². The van der Waals surface area contributed by atoms with Crippen LogP contribution < -0.4 is 4.74 Å². The molecule has 0 aliphatic heterocycles. The molecule has 0 aliphatic carbocycles. The SMILES string of the molecule is CCCCCCc1cnc(-c2ccc(OCCCC(C)CC)cc2)nc1. The summed E-state index contributed by atoms with van der Waals surface area (Å²) in [6.07, 6.45) is 13.7. The first kappa shape index (κ1) is 20.4. The lowest BCUT2D eigenvalue weighted by molar-refractivity contribution is 0.294. The van der Waals surface area contributed by atoms with Gasteiger partial charge in [-0.1, -0.05) is 46.5 Å². The number of rotatable bonds is 12. The molecule has 3 heteroatoms. The van der Waals surface area contributed by atoms with Gasteiger partial charge in [-0.2, -0.15) is 0 Å². The van der Waals surface area contributed by atoms with Gasteiger partial charge in [-0.05, 0) is 61.4 Å². The van der Waals surface area contributed by atoms with Gasteiger partial charge in [0, 0.05) is 18.0 Å². The van der Waals surface area contributed by atoms with Gasteiger partial charge in [0.2, 0.25) is 0 Å². The average molecular weight is 355 g/mol. The maximum Gasteiger partial charge on any atom is 0.159 e. The van der Waals surface area contributed by atoms with E-state index in [4.69, 9.17) is 4.74 Å². The molecule has 3 nitrogen and oxygen atoms in total. The van der Waals surface area contributed by atoms with E-state index in [1.165, 1.54) is 44.1 Å². The summed E-state index contributed by atoms with van der Waals surface area (Å²) >= 11 is 0. The lowest BCUT2D eigenvalue weighted by Crippen LogP contribution is -2.01. The molecule has 0 aliphatic rings. The normalized spacial score (nSPS) is 12.1.